The minimum Gasteiger partial charge on any atom is -0.369 e. The highest BCUT2D eigenvalue weighted by atomic mass is 16.1. The number of nitrogens with two attached hydrogens (primary N) is 1. The van der Waals surface area contributed by atoms with E-state index in [-0.39, 0.29) is 17.9 Å². The van der Waals surface area contributed by atoms with E-state index in [9.17, 15) is 4.79 Å². The Hall–Kier alpha value is -0.570. The van der Waals surface area contributed by atoms with Gasteiger partial charge in [0.25, 0.3) is 0 Å². The van der Waals surface area contributed by atoms with Crippen LogP contribution in [0.1, 0.15) is 20.3 Å². The molecule has 0 fully saturated rings. The molecular formula is C8H18N2O. The lowest BCUT2D eigenvalue weighted by molar-refractivity contribution is -0.123. The van der Waals surface area contributed by atoms with Crippen molar-refractivity contribution < 1.29 is 4.79 Å². The number of carbonyl (C=O) groups excluding carboxylic acids is 1. The predicted octanol–water partition coefficient (Wildman–Crippen LogP) is 0.448. The first kappa shape index (κ1) is 10.4. The zero-order valence-corrected chi connectivity index (χ0v) is 7.79. The van der Waals surface area contributed by atoms with E-state index in [2.05, 4.69) is 6.92 Å². The molecule has 3 heteroatoms. The molecular weight excluding hydrogens is 140 g/mol. The standard InChI is InChI=1S/C8H18N2O/c1-5-7(10(3)4)6(2)8(9)11/h6-7H,5H2,1-4H3,(H2,9,11). The zero-order valence-electron chi connectivity index (χ0n) is 7.79. The van der Waals surface area contributed by atoms with Gasteiger partial charge < -0.3 is 10.6 Å². The SMILES string of the molecule is CCC(C(C)C(N)=O)N(C)C. The maximum atomic E-state index is 10.8. The molecule has 0 radical (unpaired) electrons. The highest BCUT2D eigenvalue weighted by molar-refractivity contribution is 5.76. The second-order valence-electron chi connectivity index (χ2n) is 3.13. The summed E-state index contributed by atoms with van der Waals surface area (Å²) in [4.78, 5) is 12.8. The lowest BCUT2D eigenvalue weighted by atomic mass is 9.98. The summed E-state index contributed by atoms with van der Waals surface area (Å²) in [7, 11) is 3.93. The number of rotatable bonds is 4. The summed E-state index contributed by atoms with van der Waals surface area (Å²) in [6.07, 6.45) is 0.955. The molecule has 0 spiro atoms. The Morgan fingerprint density at radius 1 is 1.55 bits per heavy atom. The fraction of sp³-hybridized carbons (Fsp3) is 0.875. The Balaban J connectivity index is 4.13. The second kappa shape index (κ2) is 4.34. The number of primary amides is 1. The quantitative estimate of drug-likeness (QED) is 0.645. The topological polar surface area (TPSA) is 46.3 Å². The van der Waals surface area contributed by atoms with Gasteiger partial charge in [0.2, 0.25) is 5.91 Å². The maximum absolute atomic E-state index is 10.8. The van der Waals surface area contributed by atoms with E-state index in [1.165, 1.54) is 0 Å². The Kier molecular flexibility index (Phi) is 4.11. The van der Waals surface area contributed by atoms with Gasteiger partial charge in [-0.3, -0.25) is 4.79 Å². The summed E-state index contributed by atoms with van der Waals surface area (Å²) >= 11 is 0. The molecule has 0 aromatic carbocycles. The van der Waals surface area contributed by atoms with Gasteiger partial charge in [-0.15, -0.1) is 0 Å². The molecule has 2 N–H and O–H groups in total. The third-order valence-electron chi connectivity index (χ3n) is 2.11. The summed E-state index contributed by atoms with van der Waals surface area (Å²) in [5, 5.41) is 0. The van der Waals surface area contributed by atoms with Crippen LogP contribution in [0.4, 0.5) is 0 Å². The van der Waals surface area contributed by atoms with Crippen LogP contribution in [-0.2, 0) is 4.79 Å². The van der Waals surface area contributed by atoms with Crippen LogP contribution in [0.2, 0.25) is 0 Å². The van der Waals surface area contributed by atoms with Crippen LogP contribution in [0.25, 0.3) is 0 Å². The van der Waals surface area contributed by atoms with Crippen molar-refractivity contribution in [3.05, 3.63) is 0 Å². The molecule has 0 aliphatic carbocycles. The molecule has 0 aromatic heterocycles. The average molecular weight is 158 g/mol. The van der Waals surface area contributed by atoms with Crippen molar-refractivity contribution in [2.24, 2.45) is 11.7 Å². The van der Waals surface area contributed by atoms with Crippen molar-refractivity contribution in [2.45, 2.75) is 26.3 Å². The number of amides is 1. The van der Waals surface area contributed by atoms with E-state index in [1.54, 1.807) is 0 Å². The van der Waals surface area contributed by atoms with Gasteiger partial charge in [0, 0.05) is 6.04 Å². The molecule has 2 unspecified atom stereocenters. The third-order valence-corrected chi connectivity index (χ3v) is 2.11. The molecule has 0 saturated carbocycles. The van der Waals surface area contributed by atoms with Crippen LogP contribution in [0.5, 0.6) is 0 Å². The number of hydrogen-bond donors (Lipinski definition) is 1. The van der Waals surface area contributed by atoms with Gasteiger partial charge in [-0.2, -0.15) is 0 Å². The Labute approximate surface area is 68.6 Å². The van der Waals surface area contributed by atoms with Crippen molar-refractivity contribution in [3.8, 4) is 0 Å². The fourth-order valence-electron chi connectivity index (χ4n) is 1.36. The van der Waals surface area contributed by atoms with Crippen LogP contribution in [0, 0.1) is 5.92 Å². The van der Waals surface area contributed by atoms with E-state index in [1.807, 2.05) is 25.9 Å². The van der Waals surface area contributed by atoms with Crippen molar-refractivity contribution in [1.82, 2.24) is 4.90 Å². The Bertz CT molecular complexity index is 134. The molecule has 0 aliphatic heterocycles. The van der Waals surface area contributed by atoms with Crippen LogP contribution in [0.3, 0.4) is 0 Å². The number of carbonyl (C=O) groups is 1. The van der Waals surface area contributed by atoms with Crippen LogP contribution in [-0.4, -0.2) is 30.9 Å². The molecule has 3 nitrogen and oxygen atoms in total. The van der Waals surface area contributed by atoms with E-state index in [0.717, 1.165) is 6.42 Å². The number of nitrogens with zero attached hydrogens (tertiary/aromatic N) is 1. The first-order chi connectivity index (χ1) is 5.00. The van der Waals surface area contributed by atoms with Gasteiger partial charge in [0.1, 0.15) is 0 Å². The van der Waals surface area contributed by atoms with Crippen LogP contribution >= 0.6 is 0 Å². The number of hydrogen-bond acceptors (Lipinski definition) is 2. The van der Waals surface area contributed by atoms with Crippen molar-refractivity contribution in [1.29, 1.82) is 0 Å². The van der Waals surface area contributed by atoms with Gasteiger partial charge >= 0.3 is 0 Å². The Morgan fingerprint density at radius 2 is 2.00 bits per heavy atom. The van der Waals surface area contributed by atoms with Gasteiger partial charge in [-0.25, -0.2) is 0 Å². The van der Waals surface area contributed by atoms with Crippen molar-refractivity contribution in [3.63, 3.8) is 0 Å². The zero-order chi connectivity index (χ0) is 9.02. The summed E-state index contributed by atoms with van der Waals surface area (Å²) in [6.45, 7) is 3.93. The van der Waals surface area contributed by atoms with Gasteiger partial charge in [0.05, 0.1) is 5.92 Å². The molecule has 0 heterocycles. The van der Waals surface area contributed by atoms with Gasteiger partial charge in [-0.1, -0.05) is 13.8 Å². The van der Waals surface area contributed by atoms with E-state index < -0.39 is 0 Å². The van der Waals surface area contributed by atoms with E-state index >= 15 is 0 Å². The maximum Gasteiger partial charge on any atom is 0.221 e. The predicted molar refractivity (Wildman–Crippen MR) is 46.1 cm³/mol. The molecule has 0 rings (SSSR count). The average Bonchev–Trinajstić information content (AvgIpc) is 1.88. The first-order valence-electron chi connectivity index (χ1n) is 3.96. The minimum atomic E-state index is -0.217. The van der Waals surface area contributed by atoms with Crippen molar-refractivity contribution in [2.75, 3.05) is 14.1 Å². The third kappa shape index (κ3) is 2.89. The molecule has 2 atom stereocenters. The highest BCUT2D eigenvalue weighted by Gasteiger charge is 2.21. The molecule has 11 heavy (non-hydrogen) atoms. The van der Waals surface area contributed by atoms with Crippen LogP contribution in [0.15, 0.2) is 0 Å². The molecule has 1 amide bonds. The lowest BCUT2D eigenvalue weighted by Crippen LogP contribution is -2.40. The van der Waals surface area contributed by atoms with E-state index in [0.29, 0.717) is 0 Å². The van der Waals surface area contributed by atoms with Gasteiger partial charge in [0.15, 0.2) is 0 Å². The normalized spacial score (nSPS) is 16.5. The fourth-order valence-corrected chi connectivity index (χ4v) is 1.36. The lowest BCUT2D eigenvalue weighted by Gasteiger charge is -2.26. The Morgan fingerprint density at radius 3 is 2.09 bits per heavy atom. The molecule has 0 aliphatic rings. The second-order valence-corrected chi connectivity index (χ2v) is 3.13. The van der Waals surface area contributed by atoms with Gasteiger partial charge in [-0.05, 0) is 20.5 Å². The summed E-state index contributed by atoms with van der Waals surface area (Å²) in [5.74, 6) is -0.277. The molecule has 0 bridgehead atoms. The molecule has 66 valence electrons. The smallest absolute Gasteiger partial charge is 0.221 e. The van der Waals surface area contributed by atoms with E-state index in [4.69, 9.17) is 5.73 Å². The molecule has 0 aromatic rings. The largest absolute Gasteiger partial charge is 0.369 e. The summed E-state index contributed by atoms with van der Waals surface area (Å²) in [5.41, 5.74) is 5.18. The van der Waals surface area contributed by atoms with Crippen molar-refractivity contribution >= 4 is 5.91 Å². The molecule has 0 saturated heterocycles. The summed E-state index contributed by atoms with van der Waals surface area (Å²) < 4.78 is 0. The van der Waals surface area contributed by atoms with Crippen LogP contribution < -0.4 is 5.73 Å². The first-order valence-corrected chi connectivity index (χ1v) is 3.96. The minimum absolute atomic E-state index is 0.0602. The highest BCUT2D eigenvalue weighted by Crippen LogP contribution is 2.10. The summed E-state index contributed by atoms with van der Waals surface area (Å²) in [6, 6.07) is 0.271. The monoisotopic (exact) mass is 158 g/mol.